The van der Waals surface area contributed by atoms with Gasteiger partial charge in [0.1, 0.15) is 11.6 Å². The summed E-state index contributed by atoms with van der Waals surface area (Å²) < 4.78 is -0.0168. The number of carbonyl (C=O) groups is 2. The molecule has 0 bridgehead atoms. The second-order valence-corrected chi connectivity index (χ2v) is 11.3. The molecule has 0 fully saturated rings. The van der Waals surface area contributed by atoms with Crippen LogP contribution < -0.4 is 0 Å². The van der Waals surface area contributed by atoms with Crippen molar-refractivity contribution < 1.29 is 9.59 Å². The van der Waals surface area contributed by atoms with E-state index in [0.29, 0.717) is 0 Å². The van der Waals surface area contributed by atoms with E-state index in [4.69, 9.17) is 0 Å². The second-order valence-electron chi connectivity index (χ2n) is 8.86. The Labute approximate surface area is 135 Å². The molecule has 0 spiro atoms. The predicted octanol–water partition coefficient (Wildman–Crippen LogP) is 5.29. The Balaban J connectivity index is 5.00. The summed E-state index contributed by atoms with van der Waals surface area (Å²) >= 11 is 1.89. The molecule has 0 amide bonds. The van der Waals surface area contributed by atoms with E-state index in [-0.39, 0.29) is 31.9 Å². The van der Waals surface area contributed by atoms with Gasteiger partial charge in [-0.2, -0.15) is 0 Å². The Kier molecular flexibility index (Phi) is 6.34. The quantitative estimate of drug-likeness (QED) is 0.610. The molecule has 0 unspecified atom stereocenters. The van der Waals surface area contributed by atoms with Gasteiger partial charge in [-0.1, -0.05) is 55.4 Å². The zero-order valence-electron chi connectivity index (χ0n) is 15.6. The van der Waals surface area contributed by atoms with Crippen molar-refractivity contribution in [2.75, 3.05) is 0 Å². The smallest absolute Gasteiger partial charge is 0.135 e. The molecule has 0 aliphatic heterocycles. The van der Waals surface area contributed by atoms with Gasteiger partial charge in [-0.3, -0.25) is 9.59 Å². The first-order chi connectivity index (χ1) is 9.01. The van der Waals surface area contributed by atoms with Crippen LogP contribution in [0.2, 0.25) is 0 Å². The van der Waals surface area contributed by atoms with Gasteiger partial charge in [-0.15, -0.1) is 11.8 Å². The van der Waals surface area contributed by atoms with E-state index >= 15 is 0 Å². The Bertz CT molecular complexity index is 365. The molecule has 0 aliphatic rings. The molecule has 0 aliphatic carbocycles. The molecule has 0 N–H and O–H groups in total. The number of ketones is 2. The third-order valence-electron chi connectivity index (χ3n) is 4.19. The van der Waals surface area contributed by atoms with Gasteiger partial charge < -0.3 is 0 Å². The number of hydrogen-bond donors (Lipinski definition) is 0. The van der Waals surface area contributed by atoms with Gasteiger partial charge in [0.15, 0.2) is 0 Å². The summed E-state index contributed by atoms with van der Waals surface area (Å²) in [5, 5.41) is 0. The SMILES string of the molecule is CC(=O)C(C)(C)CC(C)(C)SC(C)(C)CC(C)(C)C(C)=O. The molecule has 0 aromatic carbocycles. The number of thioether (sulfide) groups is 1. The van der Waals surface area contributed by atoms with Gasteiger partial charge in [0.25, 0.3) is 0 Å². The maximum atomic E-state index is 11.8. The molecule has 0 heterocycles. The van der Waals surface area contributed by atoms with Crippen molar-refractivity contribution in [3.8, 4) is 0 Å². The molecule has 0 aromatic rings. The molecule has 3 heteroatoms. The minimum absolute atomic E-state index is 0.00839. The zero-order chi connectivity index (χ0) is 17.3. The third-order valence-corrected chi connectivity index (χ3v) is 5.59. The van der Waals surface area contributed by atoms with Crippen molar-refractivity contribution >= 4 is 23.3 Å². The van der Waals surface area contributed by atoms with Gasteiger partial charge in [-0.05, 0) is 26.7 Å². The lowest BCUT2D eigenvalue weighted by Gasteiger charge is -2.41. The lowest BCUT2D eigenvalue weighted by Crippen LogP contribution is -2.37. The summed E-state index contributed by atoms with van der Waals surface area (Å²) in [4.78, 5) is 23.5. The van der Waals surface area contributed by atoms with Crippen LogP contribution in [0, 0.1) is 10.8 Å². The highest BCUT2D eigenvalue weighted by atomic mass is 32.2. The fourth-order valence-electron chi connectivity index (χ4n) is 3.20. The molecule has 0 saturated carbocycles. The lowest BCUT2D eigenvalue weighted by molar-refractivity contribution is -0.126. The first kappa shape index (κ1) is 20.7. The molecule has 124 valence electrons. The number of carbonyl (C=O) groups excluding carboxylic acids is 2. The van der Waals surface area contributed by atoms with Crippen LogP contribution in [0.5, 0.6) is 0 Å². The van der Waals surface area contributed by atoms with Gasteiger partial charge in [0.2, 0.25) is 0 Å². The maximum absolute atomic E-state index is 11.8. The molecule has 2 nitrogen and oxygen atoms in total. The fourth-order valence-corrected chi connectivity index (χ4v) is 5.56. The average molecular weight is 315 g/mol. The largest absolute Gasteiger partial charge is 0.299 e. The zero-order valence-corrected chi connectivity index (χ0v) is 16.5. The van der Waals surface area contributed by atoms with Crippen molar-refractivity contribution in [2.24, 2.45) is 10.8 Å². The molecular weight excluding hydrogens is 280 g/mol. The lowest BCUT2D eigenvalue weighted by atomic mass is 9.80. The third kappa shape index (κ3) is 6.99. The summed E-state index contributed by atoms with van der Waals surface area (Å²) in [6.07, 6.45) is 1.67. The van der Waals surface area contributed by atoms with E-state index in [1.54, 1.807) is 13.8 Å². The topological polar surface area (TPSA) is 34.1 Å². The van der Waals surface area contributed by atoms with Crippen LogP contribution in [0.15, 0.2) is 0 Å². The molecule has 0 rings (SSSR count). The summed E-state index contributed by atoms with van der Waals surface area (Å²) in [6.45, 7) is 20.2. The summed E-state index contributed by atoms with van der Waals surface area (Å²) in [6, 6.07) is 0. The van der Waals surface area contributed by atoms with Gasteiger partial charge >= 0.3 is 0 Å². The molecule has 21 heavy (non-hydrogen) atoms. The van der Waals surface area contributed by atoms with E-state index in [0.717, 1.165) is 12.8 Å². The van der Waals surface area contributed by atoms with Crippen molar-refractivity contribution in [3.63, 3.8) is 0 Å². The Hall–Kier alpha value is -0.310. The van der Waals surface area contributed by atoms with E-state index in [9.17, 15) is 9.59 Å². The van der Waals surface area contributed by atoms with E-state index in [1.807, 2.05) is 39.5 Å². The summed E-state index contributed by atoms with van der Waals surface area (Å²) in [5.41, 5.74) is -0.606. The van der Waals surface area contributed by atoms with Crippen LogP contribution in [-0.2, 0) is 9.59 Å². The highest BCUT2D eigenvalue weighted by Gasteiger charge is 2.39. The Morgan fingerprint density at radius 1 is 0.667 bits per heavy atom. The number of hydrogen-bond acceptors (Lipinski definition) is 3. The fraction of sp³-hybridized carbons (Fsp3) is 0.889. The van der Waals surface area contributed by atoms with Crippen molar-refractivity contribution in [1.82, 2.24) is 0 Å². The van der Waals surface area contributed by atoms with Gasteiger partial charge in [-0.25, -0.2) is 0 Å². The highest BCUT2D eigenvalue weighted by molar-refractivity contribution is 8.01. The average Bonchev–Trinajstić information content (AvgIpc) is 2.10. The minimum Gasteiger partial charge on any atom is -0.299 e. The first-order valence-electron chi connectivity index (χ1n) is 7.73. The molecule has 0 atom stereocenters. The molecule has 0 saturated heterocycles. The monoisotopic (exact) mass is 314 g/mol. The van der Waals surface area contributed by atoms with Crippen LogP contribution in [0.25, 0.3) is 0 Å². The Morgan fingerprint density at radius 2 is 0.905 bits per heavy atom. The molecule has 0 aromatic heterocycles. The van der Waals surface area contributed by atoms with Crippen LogP contribution in [0.1, 0.15) is 82.1 Å². The minimum atomic E-state index is -0.303. The normalized spacial score (nSPS) is 14.2. The van der Waals surface area contributed by atoms with Crippen LogP contribution in [0.4, 0.5) is 0 Å². The molecule has 0 radical (unpaired) electrons. The van der Waals surface area contributed by atoms with Crippen molar-refractivity contribution in [2.45, 2.75) is 91.6 Å². The van der Waals surface area contributed by atoms with Crippen molar-refractivity contribution in [1.29, 1.82) is 0 Å². The van der Waals surface area contributed by atoms with Crippen LogP contribution in [-0.4, -0.2) is 21.1 Å². The summed E-state index contributed by atoms with van der Waals surface area (Å²) in [5.74, 6) is 0.469. The van der Waals surface area contributed by atoms with E-state index in [2.05, 4.69) is 27.7 Å². The second kappa shape index (κ2) is 6.44. The Morgan fingerprint density at radius 3 is 1.10 bits per heavy atom. The standard InChI is InChI=1S/C18H34O2S/c1-13(19)15(3,4)11-17(7,8)21-18(9,10)12-16(5,6)14(2)20/h11-12H2,1-10H3. The van der Waals surface area contributed by atoms with Crippen LogP contribution in [0.3, 0.4) is 0 Å². The number of Topliss-reactive ketones (excluding diaryl/α,β-unsaturated/α-hetero) is 2. The first-order valence-corrected chi connectivity index (χ1v) is 8.55. The van der Waals surface area contributed by atoms with Crippen LogP contribution >= 0.6 is 11.8 Å². The van der Waals surface area contributed by atoms with Gasteiger partial charge in [0.05, 0.1) is 0 Å². The van der Waals surface area contributed by atoms with Gasteiger partial charge in [0, 0.05) is 20.3 Å². The maximum Gasteiger partial charge on any atom is 0.135 e. The predicted molar refractivity (Wildman–Crippen MR) is 93.9 cm³/mol. The summed E-state index contributed by atoms with van der Waals surface area (Å²) in [7, 11) is 0. The molecular formula is C18H34O2S. The highest BCUT2D eigenvalue weighted by Crippen LogP contribution is 2.47. The van der Waals surface area contributed by atoms with E-state index < -0.39 is 0 Å². The van der Waals surface area contributed by atoms with Crippen molar-refractivity contribution in [3.05, 3.63) is 0 Å². The number of rotatable bonds is 8. The van der Waals surface area contributed by atoms with E-state index in [1.165, 1.54) is 0 Å².